The van der Waals surface area contributed by atoms with E-state index in [1.807, 2.05) is 18.2 Å². The van der Waals surface area contributed by atoms with E-state index < -0.39 is 11.9 Å². The first-order chi connectivity index (χ1) is 13.3. The first kappa shape index (κ1) is 20.2. The molecule has 1 aliphatic heterocycles. The van der Waals surface area contributed by atoms with E-state index in [1.54, 1.807) is 26.2 Å². The van der Waals surface area contributed by atoms with Gasteiger partial charge in [0.2, 0.25) is 0 Å². The molecule has 28 heavy (non-hydrogen) atoms. The lowest BCUT2D eigenvalue weighted by Gasteiger charge is -2.26. The van der Waals surface area contributed by atoms with Gasteiger partial charge in [-0.25, -0.2) is 9.97 Å². The Balaban J connectivity index is 1.65. The summed E-state index contributed by atoms with van der Waals surface area (Å²) in [7, 11) is 4.96. The van der Waals surface area contributed by atoms with Crippen molar-refractivity contribution < 1.29 is 22.6 Å². The van der Waals surface area contributed by atoms with Crippen LogP contribution in [0.3, 0.4) is 0 Å². The van der Waals surface area contributed by atoms with Crippen molar-refractivity contribution in [1.82, 2.24) is 14.9 Å². The molecule has 0 saturated carbocycles. The van der Waals surface area contributed by atoms with Crippen LogP contribution in [0.1, 0.15) is 17.7 Å². The van der Waals surface area contributed by atoms with Crippen LogP contribution in [0.25, 0.3) is 0 Å². The Kier molecular flexibility index (Phi) is 5.93. The summed E-state index contributed by atoms with van der Waals surface area (Å²) in [5, 5.41) is 0. The van der Waals surface area contributed by atoms with Gasteiger partial charge in [0.05, 0.1) is 14.2 Å². The normalized spacial score (nSPS) is 17.6. The maximum Gasteiger partial charge on any atom is 0.433 e. The average molecular weight is 396 g/mol. The minimum absolute atomic E-state index is 0.0797. The van der Waals surface area contributed by atoms with Gasteiger partial charge in [0, 0.05) is 38.8 Å². The number of aromatic nitrogens is 2. The van der Waals surface area contributed by atoms with Crippen molar-refractivity contribution in [2.45, 2.75) is 25.2 Å². The van der Waals surface area contributed by atoms with Crippen molar-refractivity contribution in [3.05, 3.63) is 41.9 Å². The molecule has 9 heteroatoms. The van der Waals surface area contributed by atoms with Gasteiger partial charge in [0.25, 0.3) is 0 Å². The Bertz CT molecular complexity index is 816. The van der Waals surface area contributed by atoms with Crippen molar-refractivity contribution in [1.29, 1.82) is 0 Å². The van der Waals surface area contributed by atoms with Crippen LogP contribution >= 0.6 is 0 Å². The number of hydrogen-bond acceptors (Lipinski definition) is 6. The second-order valence-electron chi connectivity index (χ2n) is 6.74. The van der Waals surface area contributed by atoms with Gasteiger partial charge in [-0.05, 0) is 24.1 Å². The quantitative estimate of drug-likeness (QED) is 0.747. The number of rotatable bonds is 6. The zero-order valence-corrected chi connectivity index (χ0v) is 16.0. The lowest BCUT2D eigenvalue weighted by Crippen LogP contribution is -2.35. The molecule has 0 bridgehead atoms. The highest BCUT2D eigenvalue weighted by Crippen LogP contribution is 2.31. The van der Waals surface area contributed by atoms with Crippen LogP contribution in [0, 0.1) is 0 Å². The molecule has 0 aliphatic carbocycles. The largest absolute Gasteiger partial charge is 0.493 e. The number of likely N-dealkylation sites (tertiary alicyclic amines) is 1. The number of methoxy groups -OCH3 is 2. The van der Waals surface area contributed by atoms with E-state index in [0.717, 1.165) is 44.0 Å². The van der Waals surface area contributed by atoms with Crippen molar-refractivity contribution in [2.75, 3.05) is 39.3 Å². The van der Waals surface area contributed by atoms with Gasteiger partial charge in [-0.15, -0.1) is 0 Å². The molecule has 1 atom stereocenters. The van der Waals surface area contributed by atoms with E-state index in [1.165, 1.54) is 0 Å². The van der Waals surface area contributed by atoms with E-state index in [9.17, 15) is 13.2 Å². The molecule has 6 nitrogen and oxygen atoms in total. The summed E-state index contributed by atoms with van der Waals surface area (Å²) in [6.45, 7) is 2.30. The summed E-state index contributed by atoms with van der Waals surface area (Å²) >= 11 is 0. The van der Waals surface area contributed by atoms with E-state index in [4.69, 9.17) is 9.47 Å². The molecule has 1 fully saturated rings. The van der Waals surface area contributed by atoms with Crippen LogP contribution in [0.4, 0.5) is 19.0 Å². The molecule has 2 aromatic rings. The highest BCUT2D eigenvalue weighted by Gasteiger charge is 2.34. The Morgan fingerprint density at radius 3 is 2.57 bits per heavy atom. The summed E-state index contributed by atoms with van der Waals surface area (Å²) in [5.41, 5.74) is 0.159. The summed E-state index contributed by atoms with van der Waals surface area (Å²) < 4.78 is 49.3. The number of ether oxygens (including phenoxy) is 2. The third-order valence-corrected chi connectivity index (χ3v) is 4.95. The van der Waals surface area contributed by atoms with Crippen molar-refractivity contribution in [2.24, 2.45) is 0 Å². The van der Waals surface area contributed by atoms with Crippen LogP contribution in [-0.4, -0.2) is 55.3 Å². The predicted molar refractivity (Wildman–Crippen MR) is 98.7 cm³/mol. The number of anilines is 1. The molecule has 1 aliphatic rings. The van der Waals surface area contributed by atoms with E-state index in [-0.39, 0.29) is 11.9 Å². The molecule has 2 heterocycles. The Labute approximate surface area is 161 Å². The molecule has 0 spiro atoms. The van der Waals surface area contributed by atoms with Gasteiger partial charge in [0.15, 0.2) is 11.5 Å². The topological polar surface area (TPSA) is 50.7 Å². The van der Waals surface area contributed by atoms with Gasteiger partial charge in [0.1, 0.15) is 17.8 Å². The van der Waals surface area contributed by atoms with Gasteiger partial charge < -0.3 is 14.4 Å². The maximum absolute atomic E-state index is 12.9. The molecule has 1 aromatic heterocycles. The van der Waals surface area contributed by atoms with Crippen LogP contribution in [-0.2, 0) is 12.7 Å². The predicted octanol–water partition coefficient (Wildman–Crippen LogP) is 3.22. The molecule has 0 amide bonds. The fourth-order valence-corrected chi connectivity index (χ4v) is 3.39. The molecule has 1 saturated heterocycles. The average Bonchev–Trinajstić information content (AvgIpc) is 3.15. The van der Waals surface area contributed by atoms with Crippen LogP contribution < -0.4 is 14.4 Å². The molecular formula is C19H23F3N4O2. The monoisotopic (exact) mass is 396 g/mol. The first-order valence-electron chi connectivity index (χ1n) is 8.87. The highest BCUT2D eigenvalue weighted by molar-refractivity contribution is 5.43. The fraction of sp³-hybridized carbons (Fsp3) is 0.474. The van der Waals surface area contributed by atoms with Crippen molar-refractivity contribution in [3.8, 4) is 11.5 Å². The van der Waals surface area contributed by atoms with Crippen molar-refractivity contribution in [3.63, 3.8) is 0 Å². The van der Waals surface area contributed by atoms with Gasteiger partial charge >= 0.3 is 6.18 Å². The van der Waals surface area contributed by atoms with Crippen LogP contribution in [0.15, 0.2) is 30.6 Å². The Morgan fingerprint density at radius 2 is 1.89 bits per heavy atom. The zero-order chi connectivity index (χ0) is 20.3. The minimum atomic E-state index is -4.48. The zero-order valence-electron chi connectivity index (χ0n) is 16.0. The van der Waals surface area contributed by atoms with E-state index in [2.05, 4.69) is 14.9 Å². The smallest absolute Gasteiger partial charge is 0.433 e. The fourth-order valence-electron chi connectivity index (χ4n) is 3.39. The number of alkyl halides is 3. The molecule has 0 radical (unpaired) electrons. The lowest BCUT2D eigenvalue weighted by atomic mass is 10.2. The number of hydrogen-bond donors (Lipinski definition) is 0. The number of halogens is 3. The first-order valence-corrected chi connectivity index (χ1v) is 8.87. The highest BCUT2D eigenvalue weighted by atomic mass is 19.4. The van der Waals surface area contributed by atoms with E-state index in [0.29, 0.717) is 11.5 Å². The molecular weight excluding hydrogens is 373 g/mol. The second-order valence-corrected chi connectivity index (χ2v) is 6.74. The minimum Gasteiger partial charge on any atom is -0.493 e. The standard InChI is InChI=1S/C19H23F3N4O2/c1-25(18-9-17(19(20,21)22)23-12-24-18)14-6-7-26(11-14)10-13-4-5-15(27-2)16(8-13)28-3/h4-5,8-9,12,14H,6-7,10-11H2,1-3H3. The number of nitrogens with zero attached hydrogens (tertiary/aromatic N) is 4. The number of benzene rings is 1. The van der Waals surface area contributed by atoms with Gasteiger partial charge in [-0.2, -0.15) is 13.2 Å². The van der Waals surface area contributed by atoms with Gasteiger partial charge in [-0.1, -0.05) is 6.07 Å². The van der Waals surface area contributed by atoms with Crippen LogP contribution in [0.5, 0.6) is 11.5 Å². The molecule has 152 valence electrons. The second kappa shape index (κ2) is 8.22. The summed E-state index contributed by atoms with van der Waals surface area (Å²) in [4.78, 5) is 11.4. The summed E-state index contributed by atoms with van der Waals surface area (Å²) in [6.07, 6.45) is -2.67. The third kappa shape index (κ3) is 4.46. The van der Waals surface area contributed by atoms with Crippen molar-refractivity contribution >= 4 is 5.82 Å². The molecule has 3 rings (SSSR count). The Morgan fingerprint density at radius 1 is 1.14 bits per heavy atom. The van der Waals surface area contributed by atoms with Crippen LogP contribution in [0.2, 0.25) is 0 Å². The third-order valence-electron chi connectivity index (χ3n) is 4.95. The van der Waals surface area contributed by atoms with Gasteiger partial charge in [-0.3, -0.25) is 4.90 Å². The lowest BCUT2D eigenvalue weighted by molar-refractivity contribution is -0.141. The molecule has 0 N–H and O–H groups in total. The maximum atomic E-state index is 12.9. The SMILES string of the molecule is COc1ccc(CN2CCC(N(C)c3cc(C(F)(F)F)ncn3)C2)cc1OC. The molecule has 1 unspecified atom stereocenters. The summed E-state index contributed by atoms with van der Waals surface area (Å²) in [5.74, 6) is 1.63. The van der Waals surface area contributed by atoms with E-state index >= 15 is 0 Å². The number of likely N-dealkylation sites (N-methyl/N-ethyl adjacent to an activating group) is 1. The summed E-state index contributed by atoms with van der Waals surface area (Å²) in [6, 6.07) is 6.87. The Hall–Kier alpha value is -2.55. The molecule has 1 aromatic carbocycles.